The molecule has 4 aliphatic carbocycles. The molecule has 2 N–H and O–H groups in total. The number of hydrogen-bond acceptors (Lipinski definition) is 6. The van der Waals surface area contributed by atoms with Crippen LogP contribution < -0.4 is 0 Å². The molecule has 0 heterocycles. The maximum Gasteiger partial charge on any atom is 0.306 e. The fraction of sp³-hybridized carbons (Fsp3) is 0.792. The second-order valence-corrected chi connectivity index (χ2v) is 10.4. The van der Waals surface area contributed by atoms with Crippen LogP contribution in [-0.2, 0) is 19.1 Å². The predicted octanol–water partition coefficient (Wildman–Crippen LogP) is 2.74. The van der Waals surface area contributed by atoms with Gasteiger partial charge in [0.15, 0.2) is 11.4 Å². The topological polar surface area (TPSA) is 101 Å². The highest BCUT2D eigenvalue weighted by Crippen LogP contribution is 2.68. The van der Waals surface area contributed by atoms with E-state index in [0.29, 0.717) is 19.3 Å². The van der Waals surface area contributed by atoms with Crippen molar-refractivity contribution in [3.05, 3.63) is 11.6 Å². The smallest absolute Gasteiger partial charge is 0.306 e. The van der Waals surface area contributed by atoms with Gasteiger partial charge in [0, 0.05) is 18.3 Å². The highest BCUT2D eigenvalue weighted by atomic mass is 16.6. The quantitative estimate of drug-likeness (QED) is 0.681. The van der Waals surface area contributed by atoms with Crippen molar-refractivity contribution in [3.63, 3.8) is 0 Å². The summed E-state index contributed by atoms with van der Waals surface area (Å²) in [6.07, 6.45) is 5.77. The zero-order chi connectivity index (χ0) is 21.9. The van der Waals surface area contributed by atoms with Crippen LogP contribution in [0.25, 0.3) is 0 Å². The number of carbonyl (C=O) groups excluding carboxylic acids is 3. The molecule has 0 radical (unpaired) electrons. The van der Waals surface area contributed by atoms with Crippen LogP contribution in [0.4, 0.5) is 0 Å². The summed E-state index contributed by atoms with van der Waals surface area (Å²) < 4.78 is 5.83. The van der Waals surface area contributed by atoms with Crippen LogP contribution in [0.3, 0.4) is 0 Å². The molecule has 0 amide bonds. The second kappa shape index (κ2) is 7.27. The van der Waals surface area contributed by atoms with Gasteiger partial charge < -0.3 is 14.9 Å². The van der Waals surface area contributed by atoms with Crippen molar-refractivity contribution in [1.29, 1.82) is 0 Å². The average molecular weight is 419 g/mol. The Bertz CT molecular complexity index is 802. The van der Waals surface area contributed by atoms with Crippen LogP contribution in [0.1, 0.15) is 72.1 Å². The van der Waals surface area contributed by atoms with Gasteiger partial charge >= 0.3 is 5.97 Å². The Hall–Kier alpha value is -1.53. The maximum absolute atomic E-state index is 13.0. The van der Waals surface area contributed by atoms with Gasteiger partial charge in [0.25, 0.3) is 0 Å². The summed E-state index contributed by atoms with van der Waals surface area (Å²) in [6.45, 7) is 5.18. The standard InChI is InChI=1S/C24H34O6/c1-4-20(29)30-24(19(28)13-25)10-8-17-16-6-5-14-11-15(26)7-9-22(14,2)21(16)18(27)12-23(17,24)3/h11,16-18,21,25,27H,4-10,12-13H2,1-3H3/t16-,17-,18-,21+,22-,23-,24+/m0/s1. The third-order valence-electron chi connectivity index (χ3n) is 9.19. The van der Waals surface area contributed by atoms with Crippen LogP contribution in [0.2, 0.25) is 0 Å². The molecule has 0 aromatic carbocycles. The lowest BCUT2D eigenvalue weighted by atomic mass is 9.45. The Kier molecular flexibility index (Phi) is 5.25. The van der Waals surface area contributed by atoms with E-state index in [9.17, 15) is 24.6 Å². The first-order valence-corrected chi connectivity index (χ1v) is 11.4. The van der Waals surface area contributed by atoms with Crippen molar-refractivity contribution in [1.82, 2.24) is 0 Å². The van der Waals surface area contributed by atoms with E-state index in [1.54, 1.807) is 13.0 Å². The van der Waals surface area contributed by atoms with E-state index < -0.39 is 35.5 Å². The largest absolute Gasteiger partial charge is 0.450 e. The van der Waals surface area contributed by atoms with Gasteiger partial charge in [0.05, 0.1) is 6.10 Å². The third kappa shape index (κ3) is 2.79. The molecule has 166 valence electrons. The van der Waals surface area contributed by atoms with E-state index in [1.807, 2.05) is 6.92 Å². The van der Waals surface area contributed by atoms with Crippen LogP contribution in [0, 0.1) is 28.6 Å². The summed E-state index contributed by atoms with van der Waals surface area (Å²) in [5.41, 5.74) is -1.12. The zero-order valence-electron chi connectivity index (χ0n) is 18.3. The number of ether oxygens (including phenoxy) is 1. The minimum atomic E-state index is -1.37. The van der Waals surface area contributed by atoms with Crippen molar-refractivity contribution in [2.75, 3.05) is 6.61 Å². The van der Waals surface area contributed by atoms with E-state index in [1.165, 1.54) is 0 Å². The molecule has 3 saturated carbocycles. The number of aliphatic hydroxyl groups is 2. The highest BCUT2D eigenvalue weighted by Gasteiger charge is 2.70. The van der Waals surface area contributed by atoms with Gasteiger partial charge in [-0.2, -0.15) is 0 Å². The van der Waals surface area contributed by atoms with Crippen molar-refractivity contribution < 1.29 is 29.3 Å². The number of carbonyl (C=O) groups is 3. The van der Waals surface area contributed by atoms with Crippen molar-refractivity contribution in [3.8, 4) is 0 Å². The van der Waals surface area contributed by atoms with Crippen molar-refractivity contribution in [2.45, 2.75) is 83.8 Å². The number of ketones is 2. The molecule has 7 atom stereocenters. The molecule has 30 heavy (non-hydrogen) atoms. The highest BCUT2D eigenvalue weighted by molar-refractivity contribution is 5.92. The summed E-state index contributed by atoms with van der Waals surface area (Å²) in [7, 11) is 0. The molecule has 0 spiro atoms. The van der Waals surface area contributed by atoms with Gasteiger partial charge in [-0.1, -0.05) is 26.3 Å². The van der Waals surface area contributed by atoms with E-state index in [-0.39, 0.29) is 35.4 Å². The Morgan fingerprint density at radius 1 is 1.20 bits per heavy atom. The number of fused-ring (bicyclic) bond motifs is 5. The molecule has 6 nitrogen and oxygen atoms in total. The average Bonchev–Trinajstić information content (AvgIpc) is 3.00. The number of hydrogen-bond donors (Lipinski definition) is 2. The molecule has 3 fully saturated rings. The third-order valence-corrected chi connectivity index (χ3v) is 9.19. The normalized spacial score (nSPS) is 45.1. The van der Waals surface area contributed by atoms with Crippen LogP contribution in [0.5, 0.6) is 0 Å². The molecular weight excluding hydrogens is 384 g/mol. The first-order valence-electron chi connectivity index (χ1n) is 11.4. The molecule has 0 aromatic heterocycles. The molecule has 4 aliphatic rings. The van der Waals surface area contributed by atoms with Gasteiger partial charge in [0.1, 0.15) is 6.61 Å². The van der Waals surface area contributed by atoms with Gasteiger partial charge in [-0.25, -0.2) is 0 Å². The maximum atomic E-state index is 13.0. The first kappa shape index (κ1) is 21.7. The first-order chi connectivity index (χ1) is 14.1. The summed E-state index contributed by atoms with van der Waals surface area (Å²) in [4.78, 5) is 37.3. The van der Waals surface area contributed by atoms with E-state index in [0.717, 1.165) is 31.3 Å². The number of rotatable bonds is 4. The molecule has 0 aliphatic heterocycles. The van der Waals surface area contributed by atoms with Gasteiger partial charge in [-0.05, 0) is 67.8 Å². The zero-order valence-corrected chi connectivity index (χ0v) is 18.3. The van der Waals surface area contributed by atoms with E-state index in [2.05, 4.69) is 6.92 Å². The Labute approximate surface area is 178 Å². The van der Waals surface area contributed by atoms with Gasteiger partial charge in [-0.15, -0.1) is 0 Å². The molecule has 0 aromatic rings. The number of esters is 1. The predicted molar refractivity (Wildman–Crippen MR) is 109 cm³/mol. The van der Waals surface area contributed by atoms with Crippen LogP contribution >= 0.6 is 0 Å². The van der Waals surface area contributed by atoms with Crippen molar-refractivity contribution >= 4 is 17.5 Å². The van der Waals surface area contributed by atoms with Crippen LogP contribution in [0.15, 0.2) is 11.6 Å². The number of Topliss-reactive ketones (excluding diaryl/α,β-unsaturated/α-hetero) is 1. The lowest BCUT2D eigenvalue weighted by Crippen LogP contribution is -2.63. The summed E-state index contributed by atoms with van der Waals surface area (Å²) >= 11 is 0. The minimum Gasteiger partial charge on any atom is -0.450 e. The summed E-state index contributed by atoms with van der Waals surface area (Å²) in [6, 6.07) is 0. The second-order valence-electron chi connectivity index (χ2n) is 10.4. The SMILES string of the molecule is CCC(=O)O[C@@]1(C(=O)CO)CC[C@H]2[C@@H]3CCC4=CC(=O)CC[C@]4(C)[C@H]3[C@@H](O)C[C@@]21C. The molecule has 0 bridgehead atoms. The molecule has 4 rings (SSSR count). The fourth-order valence-corrected chi connectivity index (χ4v) is 7.75. The molecule has 0 saturated heterocycles. The Morgan fingerprint density at radius 2 is 1.93 bits per heavy atom. The van der Waals surface area contributed by atoms with Crippen molar-refractivity contribution in [2.24, 2.45) is 28.6 Å². The number of aliphatic hydroxyl groups excluding tert-OH is 2. The molecule has 0 unspecified atom stereocenters. The number of allylic oxidation sites excluding steroid dienone is 1. The van der Waals surface area contributed by atoms with E-state index in [4.69, 9.17) is 4.74 Å². The molecular formula is C24H34O6. The fourth-order valence-electron chi connectivity index (χ4n) is 7.75. The Morgan fingerprint density at radius 3 is 2.60 bits per heavy atom. The van der Waals surface area contributed by atoms with E-state index >= 15 is 0 Å². The lowest BCUT2D eigenvalue weighted by Gasteiger charge is -2.60. The van der Waals surface area contributed by atoms with Crippen LogP contribution in [-0.4, -0.2) is 46.1 Å². The molecule has 6 heteroatoms. The van der Waals surface area contributed by atoms with Gasteiger partial charge in [0.2, 0.25) is 5.78 Å². The lowest BCUT2D eigenvalue weighted by molar-refractivity contribution is -0.202. The monoisotopic (exact) mass is 418 g/mol. The summed E-state index contributed by atoms with van der Waals surface area (Å²) in [5.74, 6) is -0.362. The van der Waals surface area contributed by atoms with Gasteiger partial charge in [-0.3, -0.25) is 14.4 Å². The Balaban J connectivity index is 1.75. The summed E-state index contributed by atoms with van der Waals surface area (Å²) in [5, 5.41) is 21.2. The minimum absolute atomic E-state index is 0.0329.